The van der Waals surface area contributed by atoms with E-state index < -0.39 is 0 Å². The number of hydrogen-bond acceptors (Lipinski definition) is 4. The van der Waals surface area contributed by atoms with Crippen molar-refractivity contribution in [3.8, 4) is 0 Å². The second-order valence-corrected chi connectivity index (χ2v) is 5.84. The highest BCUT2D eigenvalue weighted by molar-refractivity contribution is 6.05. The van der Waals surface area contributed by atoms with E-state index in [1.165, 1.54) is 7.11 Å². The number of nitrogens with two attached hydrogens (primary N) is 1. The Morgan fingerprint density at radius 2 is 2.00 bits per heavy atom. The van der Waals surface area contributed by atoms with Gasteiger partial charge in [0, 0.05) is 26.7 Å². The molecule has 1 heterocycles. The standard InChI is InChI=1S/C17H25N3O3.ClH/c1-12-6-5-7-14(19-15(21)10-13(11-18)23-2)16(12)17(22)20-8-3-4-9-20;/h5-7,13H,3-4,8-11,18H2,1-2H3,(H,19,21);1H. The lowest BCUT2D eigenvalue weighted by atomic mass is 10.0. The number of anilines is 1. The maximum absolute atomic E-state index is 12.7. The summed E-state index contributed by atoms with van der Waals surface area (Å²) >= 11 is 0. The molecule has 1 fully saturated rings. The van der Waals surface area contributed by atoms with Crippen molar-refractivity contribution < 1.29 is 14.3 Å². The lowest BCUT2D eigenvalue weighted by Gasteiger charge is -2.20. The number of nitrogens with zero attached hydrogens (tertiary/aromatic N) is 1. The summed E-state index contributed by atoms with van der Waals surface area (Å²) in [5, 5.41) is 2.83. The summed E-state index contributed by atoms with van der Waals surface area (Å²) in [6.45, 7) is 3.72. The molecule has 0 saturated carbocycles. The number of carbonyl (C=O) groups is 2. The van der Waals surface area contributed by atoms with Gasteiger partial charge in [-0.05, 0) is 31.4 Å². The van der Waals surface area contributed by atoms with Crippen LogP contribution in [0.3, 0.4) is 0 Å². The molecule has 1 unspecified atom stereocenters. The Labute approximate surface area is 149 Å². The number of aryl methyl sites for hydroxylation is 1. The second kappa shape index (κ2) is 9.61. The van der Waals surface area contributed by atoms with Crippen molar-refractivity contribution >= 4 is 29.9 Å². The number of rotatable bonds is 6. The van der Waals surface area contributed by atoms with Crippen molar-refractivity contribution in [1.82, 2.24) is 4.90 Å². The van der Waals surface area contributed by atoms with Crippen LogP contribution >= 0.6 is 12.4 Å². The highest BCUT2D eigenvalue weighted by Gasteiger charge is 2.24. The summed E-state index contributed by atoms with van der Waals surface area (Å²) in [5.74, 6) is -0.221. The molecule has 1 atom stereocenters. The van der Waals surface area contributed by atoms with Gasteiger partial charge in [0.05, 0.1) is 23.8 Å². The lowest BCUT2D eigenvalue weighted by molar-refractivity contribution is -0.118. The number of likely N-dealkylation sites (tertiary alicyclic amines) is 1. The van der Waals surface area contributed by atoms with Crippen molar-refractivity contribution in [3.05, 3.63) is 29.3 Å². The van der Waals surface area contributed by atoms with Gasteiger partial charge in [-0.2, -0.15) is 0 Å². The first-order valence-electron chi connectivity index (χ1n) is 7.98. The second-order valence-electron chi connectivity index (χ2n) is 5.84. The molecule has 1 aromatic carbocycles. The number of nitrogens with one attached hydrogen (secondary N) is 1. The SMILES string of the molecule is COC(CN)CC(=O)Nc1cccc(C)c1C(=O)N1CCCC1.Cl. The molecular weight excluding hydrogens is 330 g/mol. The van der Waals surface area contributed by atoms with Gasteiger partial charge in [-0.1, -0.05) is 12.1 Å². The molecule has 0 aliphatic carbocycles. The first kappa shape index (κ1) is 20.4. The van der Waals surface area contributed by atoms with Crippen LogP contribution in [0.15, 0.2) is 18.2 Å². The number of amides is 2. The Morgan fingerprint density at radius 1 is 1.33 bits per heavy atom. The Hall–Kier alpha value is -1.63. The van der Waals surface area contributed by atoms with Crippen LogP contribution in [0.2, 0.25) is 0 Å². The van der Waals surface area contributed by atoms with Crippen LogP contribution in [0, 0.1) is 6.92 Å². The zero-order chi connectivity index (χ0) is 16.8. The zero-order valence-electron chi connectivity index (χ0n) is 14.2. The van der Waals surface area contributed by atoms with Gasteiger partial charge >= 0.3 is 0 Å². The van der Waals surface area contributed by atoms with Crippen molar-refractivity contribution in [3.63, 3.8) is 0 Å². The Bertz CT molecular complexity index is 570. The molecular formula is C17H26ClN3O3. The van der Waals surface area contributed by atoms with Crippen LogP contribution in [-0.4, -0.2) is 49.6 Å². The summed E-state index contributed by atoms with van der Waals surface area (Å²) in [5.41, 5.74) is 7.53. The minimum Gasteiger partial charge on any atom is -0.380 e. The molecule has 6 nitrogen and oxygen atoms in total. The van der Waals surface area contributed by atoms with Gasteiger partial charge < -0.3 is 20.7 Å². The molecule has 24 heavy (non-hydrogen) atoms. The minimum absolute atomic E-state index is 0. The van der Waals surface area contributed by atoms with E-state index in [4.69, 9.17) is 10.5 Å². The molecule has 7 heteroatoms. The van der Waals surface area contributed by atoms with Crippen LogP contribution in [0.5, 0.6) is 0 Å². The van der Waals surface area contributed by atoms with Crippen molar-refractivity contribution in [1.29, 1.82) is 0 Å². The van der Waals surface area contributed by atoms with Gasteiger partial charge in [0.25, 0.3) is 5.91 Å². The molecule has 0 spiro atoms. The zero-order valence-corrected chi connectivity index (χ0v) is 15.0. The molecule has 2 rings (SSSR count). The van der Waals surface area contributed by atoms with Gasteiger partial charge in [-0.15, -0.1) is 12.4 Å². The fraction of sp³-hybridized carbons (Fsp3) is 0.529. The molecule has 0 aromatic heterocycles. The Kier molecular flexibility index (Phi) is 8.18. The summed E-state index contributed by atoms with van der Waals surface area (Å²) in [4.78, 5) is 26.8. The Balaban J connectivity index is 0.00000288. The Morgan fingerprint density at radius 3 is 2.58 bits per heavy atom. The predicted octanol–water partition coefficient (Wildman–Crippen LogP) is 1.96. The quantitative estimate of drug-likeness (QED) is 0.816. The molecule has 0 radical (unpaired) electrons. The fourth-order valence-corrected chi connectivity index (χ4v) is 2.81. The van der Waals surface area contributed by atoms with Gasteiger partial charge in [0.15, 0.2) is 0 Å². The summed E-state index contributed by atoms with van der Waals surface area (Å²) < 4.78 is 5.13. The number of hydrogen-bond donors (Lipinski definition) is 2. The third kappa shape index (κ3) is 4.93. The first-order chi connectivity index (χ1) is 11.1. The van der Waals surface area contributed by atoms with E-state index in [-0.39, 0.29) is 43.3 Å². The van der Waals surface area contributed by atoms with Crippen LogP contribution in [0.1, 0.15) is 35.2 Å². The van der Waals surface area contributed by atoms with Gasteiger partial charge in [0.1, 0.15) is 0 Å². The number of benzene rings is 1. The third-order valence-corrected chi connectivity index (χ3v) is 4.16. The lowest BCUT2D eigenvalue weighted by Crippen LogP contribution is -2.31. The third-order valence-electron chi connectivity index (χ3n) is 4.16. The van der Waals surface area contributed by atoms with Gasteiger partial charge in [0.2, 0.25) is 5.91 Å². The van der Waals surface area contributed by atoms with E-state index >= 15 is 0 Å². The first-order valence-corrected chi connectivity index (χ1v) is 7.98. The summed E-state index contributed by atoms with van der Waals surface area (Å²) in [6, 6.07) is 5.48. The molecule has 1 aliphatic heterocycles. The van der Waals surface area contributed by atoms with Gasteiger partial charge in [-0.3, -0.25) is 9.59 Å². The molecule has 2 amide bonds. The van der Waals surface area contributed by atoms with E-state index in [0.29, 0.717) is 11.3 Å². The normalized spacial score (nSPS) is 14.9. The van der Waals surface area contributed by atoms with E-state index in [0.717, 1.165) is 31.5 Å². The highest BCUT2D eigenvalue weighted by Crippen LogP contribution is 2.24. The monoisotopic (exact) mass is 355 g/mol. The smallest absolute Gasteiger partial charge is 0.256 e. The number of carbonyl (C=O) groups excluding carboxylic acids is 2. The average molecular weight is 356 g/mol. The molecule has 1 aromatic rings. The maximum Gasteiger partial charge on any atom is 0.256 e. The molecule has 3 N–H and O–H groups in total. The molecule has 1 saturated heterocycles. The average Bonchev–Trinajstić information content (AvgIpc) is 3.06. The van der Waals surface area contributed by atoms with Crippen LogP contribution in [-0.2, 0) is 9.53 Å². The van der Waals surface area contributed by atoms with Crippen molar-refractivity contribution in [2.75, 3.05) is 32.1 Å². The largest absolute Gasteiger partial charge is 0.380 e. The molecule has 0 bridgehead atoms. The minimum atomic E-state index is -0.322. The maximum atomic E-state index is 12.7. The number of methoxy groups -OCH3 is 1. The van der Waals surface area contributed by atoms with Crippen LogP contribution < -0.4 is 11.1 Å². The fourth-order valence-electron chi connectivity index (χ4n) is 2.81. The predicted molar refractivity (Wildman–Crippen MR) is 96.7 cm³/mol. The summed E-state index contributed by atoms with van der Waals surface area (Å²) in [7, 11) is 1.53. The molecule has 134 valence electrons. The van der Waals surface area contributed by atoms with E-state index in [1.54, 1.807) is 6.07 Å². The van der Waals surface area contributed by atoms with Gasteiger partial charge in [-0.25, -0.2) is 0 Å². The molecule has 1 aliphatic rings. The van der Waals surface area contributed by atoms with Crippen molar-refractivity contribution in [2.24, 2.45) is 5.73 Å². The van der Waals surface area contributed by atoms with E-state index in [1.807, 2.05) is 24.0 Å². The van der Waals surface area contributed by atoms with Crippen LogP contribution in [0.25, 0.3) is 0 Å². The number of halogens is 1. The summed E-state index contributed by atoms with van der Waals surface area (Å²) in [6.07, 6.45) is 1.91. The highest BCUT2D eigenvalue weighted by atomic mass is 35.5. The topological polar surface area (TPSA) is 84.7 Å². The van der Waals surface area contributed by atoms with Crippen LogP contribution in [0.4, 0.5) is 5.69 Å². The number of ether oxygens (including phenoxy) is 1. The van der Waals surface area contributed by atoms with E-state index in [2.05, 4.69) is 5.32 Å². The van der Waals surface area contributed by atoms with Crippen molar-refractivity contribution in [2.45, 2.75) is 32.3 Å². The van der Waals surface area contributed by atoms with E-state index in [9.17, 15) is 9.59 Å².